The molecular formula is C49H95N2O7P. The number of aliphatic hydroxyl groups excluding tert-OH is 2. The number of phosphoric ester groups is 1. The molecule has 0 aromatic carbocycles. The van der Waals surface area contributed by atoms with Gasteiger partial charge in [-0.05, 0) is 44.9 Å². The van der Waals surface area contributed by atoms with Crippen LogP contribution in [0.5, 0.6) is 0 Å². The van der Waals surface area contributed by atoms with E-state index >= 15 is 0 Å². The molecule has 0 spiro atoms. The molecule has 0 radical (unpaired) electrons. The van der Waals surface area contributed by atoms with Crippen LogP contribution >= 0.6 is 7.82 Å². The monoisotopic (exact) mass is 855 g/mol. The lowest BCUT2D eigenvalue weighted by molar-refractivity contribution is -0.124. The van der Waals surface area contributed by atoms with Gasteiger partial charge in [0.15, 0.2) is 0 Å². The summed E-state index contributed by atoms with van der Waals surface area (Å²) >= 11 is 0. The normalized spacial score (nSPS) is 14.7. The van der Waals surface area contributed by atoms with Gasteiger partial charge in [0.2, 0.25) is 5.91 Å². The molecule has 1 amide bonds. The summed E-state index contributed by atoms with van der Waals surface area (Å²) in [7, 11) is -4.40. The summed E-state index contributed by atoms with van der Waals surface area (Å²) in [6, 6.07) is -0.985. The Hall–Kier alpha value is -1.32. The maximum absolute atomic E-state index is 12.9. The molecule has 0 aliphatic heterocycles. The van der Waals surface area contributed by atoms with Gasteiger partial charge in [-0.15, -0.1) is 0 Å². The molecule has 0 aliphatic carbocycles. The summed E-state index contributed by atoms with van der Waals surface area (Å²) < 4.78 is 22.2. The van der Waals surface area contributed by atoms with Crippen LogP contribution in [0, 0.1) is 0 Å². The maximum atomic E-state index is 12.9. The number of nitrogens with one attached hydrogen (secondary N) is 1. The van der Waals surface area contributed by atoms with Gasteiger partial charge in [0.1, 0.15) is 0 Å². The summed E-state index contributed by atoms with van der Waals surface area (Å²) in [6.45, 7) is 3.96. The predicted octanol–water partition coefficient (Wildman–Crippen LogP) is 13.3. The van der Waals surface area contributed by atoms with E-state index in [1.54, 1.807) is 6.08 Å². The van der Waals surface area contributed by atoms with E-state index in [-0.39, 0.29) is 19.6 Å². The molecule has 59 heavy (non-hydrogen) atoms. The molecule has 0 aromatic heterocycles. The molecule has 9 nitrogen and oxygen atoms in total. The fourth-order valence-electron chi connectivity index (χ4n) is 7.29. The van der Waals surface area contributed by atoms with Crippen LogP contribution in [0.25, 0.3) is 0 Å². The summed E-state index contributed by atoms with van der Waals surface area (Å²) in [5.74, 6) is -0.449. The van der Waals surface area contributed by atoms with E-state index in [9.17, 15) is 24.5 Å². The van der Waals surface area contributed by atoms with Crippen molar-refractivity contribution in [3.8, 4) is 0 Å². The lowest BCUT2D eigenvalue weighted by atomic mass is 10.0. The van der Waals surface area contributed by atoms with Crippen LogP contribution in [0.15, 0.2) is 36.5 Å². The van der Waals surface area contributed by atoms with E-state index in [4.69, 9.17) is 14.8 Å². The van der Waals surface area contributed by atoms with Gasteiger partial charge in [0.25, 0.3) is 0 Å². The van der Waals surface area contributed by atoms with E-state index in [2.05, 4.69) is 43.5 Å². The molecular weight excluding hydrogens is 760 g/mol. The minimum atomic E-state index is -4.40. The Balaban J connectivity index is 4.24. The van der Waals surface area contributed by atoms with Crippen molar-refractivity contribution in [2.75, 3.05) is 19.8 Å². The number of phosphoric acid groups is 1. The second-order valence-electron chi connectivity index (χ2n) is 16.9. The lowest BCUT2D eigenvalue weighted by Crippen LogP contribution is -2.46. The quantitative estimate of drug-likeness (QED) is 0.0176. The maximum Gasteiger partial charge on any atom is 0.472 e. The van der Waals surface area contributed by atoms with Crippen LogP contribution in [-0.4, -0.2) is 59.0 Å². The predicted molar refractivity (Wildman–Crippen MR) is 250 cm³/mol. The lowest BCUT2D eigenvalue weighted by Gasteiger charge is -2.24. The Morgan fingerprint density at radius 1 is 0.593 bits per heavy atom. The first-order valence-corrected chi connectivity index (χ1v) is 26.2. The molecule has 0 bridgehead atoms. The van der Waals surface area contributed by atoms with Crippen molar-refractivity contribution in [2.45, 2.75) is 250 Å². The standard InChI is InChI=1S/C49H95N2O7P/c1-3-5-7-9-11-13-15-17-19-21-22-23-25-27-29-31-33-35-37-39-41-48(53)47(45-58-59(55,56)57-43-42-50)51-49(54)44-46(52)40-38-36-34-32-30-28-26-24-20-18-16-14-12-10-8-6-4-2/h12,14,16,18,39,41,46-48,52-53H,3-11,13,15,17,19-38,40,42-45,50H2,1-2H3,(H,51,54)(H,55,56)/b14-12-,18-16-,41-39+. The number of aliphatic hydroxyl groups is 2. The first kappa shape index (κ1) is 57.7. The second kappa shape index (κ2) is 44.7. The molecule has 0 rings (SSSR count). The SMILES string of the molecule is CCCCC/C=C\C=C/CCCCCCCCCCC(O)CC(=O)NC(COP(=O)(O)OCCN)C(O)/C=C/CCCCCCCCCCCCCCCCCCCC. The third-order valence-electron chi connectivity index (χ3n) is 11.0. The number of unbranched alkanes of at least 4 members (excludes halogenated alkanes) is 29. The Labute approximate surface area is 363 Å². The molecule has 6 N–H and O–H groups in total. The topological polar surface area (TPSA) is 151 Å². The molecule has 0 aliphatic rings. The Morgan fingerprint density at radius 3 is 1.44 bits per heavy atom. The number of hydrogen-bond acceptors (Lipinski definition) is 7. The van der Waals surface area contributed by atoms with Crippen molar-refractivity contribution in [3.63, 3.8) is 0 Å². The average Bonchev–Trinajstić information content (AvgIpc) is 3.21. The van der Waals surface area contributed by atoms with Gasteiger partial charge < -0.3 is 26.2 Å². The molecule has 0 saturated carbocycles. The van der Waals surface area contributed by atoms with Crippen molar-refractivity contribution >= 4 is 13.7 Å². The third kappa shape index (κ3) is 43.1. The number of hydrogen-bond donors (Lipinski definition) is 5. The van der Waals surface area contributed by atoms with E-state index < -0.39 is 38.6 Å². The van der Waals surface area contributed by atoms with E-state index in [1.165, 1.54) is 161 Å². The largest absolute Gasteiger partial charge is 0.472 e. The van der Waals surface area contributed by atoms with Crippen molar-refractivity contribution in [1.29, 1.82) is 0 Å². The van der Waals surface area contributed by atoms with Gasteiger partial charge in [-0.1, -0.05) is 217 Å². The van der Waals surface area contributed by atoms with E-state index in [0.717, 1.165) is 44.9 Å². The molecule has 0 fully saturated rings. The van der Waals surface area contributed by atoms with Crippen LogP contribution in [-0.2, 0) is 18.4 Å². The molecule has 0 saturated heterocycles. The first-order valence-electron chi connectivity index (χ1n) is 24.7. The molecule has 0 aromatic rings. The summed E-state index contributed by atoms with van der Waals surface area (Å²) in [4.78, 5) is 22.8. The van der Waals surface area contributed by atoms with Gasteiger partial charge in [-0.3, -0.25) is 13.8 Å². The van der Waals surface area contributed by atoms with Crippen molar-refractivity contribution < 1.29 is 33.5 Å². The van der Waals surface area contributed by atoms with Gasteiger partial charge in [-0.25, -0.2) is 4.57 Å². The first-order chi connectivity index (χ1) is 28.8. The van der Waals surface area contributed by atoms with Crippen LogP contribution in [0.2, 0.25) is 0 Å². The van der Waals surface area contributed by atoms with Gasteiger partial charge in [0.05, 0.1) is 37.9 Å². The molecule has 0 heterocycles. The Morgan fingerprint density at radius 2 is 0.983 bits per heavy atom. The fourth-order valence-corrected chi connectivity index (χ4v) is 8.05. The van der Waals surface area contributed by atoms with Gasteiger partial charge in [0, 0.05) is 6.54 Å². The highest BCUT2D eigenvalue weighted by molar-refractivity contribution is 7.47. The highest BCUT2D eigenvalue weighted by atomic mass is 31.2. The highest BCUT2D eigenvalue weighted by Gasteiger charge is 2.27. The number of carbonyl (C=O) groups is 1. The minimum Gasteiger partial charge on any atom is -0.393 e. The average molecular weight is 855 g/mol. The third-order valence-corrected chi connectivity index (χ3v) is 12.0. The molecule has 4 atom stereocenters. The molecule has 348 valence electrons. The zero-order chi connectivity index (χ0) is 43.3. The van der Waals surface area contributed by atoms with E-state index in [1.807, 2.05) is 6.08 Å². The molecule has 10 heteroatoms. The summed E-state index contributed by atoms with van der Waals surface area (Å²) in [6.07, 6.45) is 50.8. The zero-order valence-electron chi connectivity index (χ0n) is 38.4. The number of nitrogens with two attached hydrogens (primary N) is 1. The van der Waals surface area contributed by atoms with Crippen molar-refractivity contribution in [2.24, 2.45) is 5.73 Å². The highest BCUT2D eigenvalue weighted by Crippen LogP contribution is 2.43. The van der Waals surface area contributed by atoms with Crippen molar-refractivity contribution in [3.05, 3.63) is 36.5 Å². The minimum absolute atomic E-state index is 0.0481. The number of carbonyl (C=O) groups excluding carboxylic acids is 1. The van der Waals surface area contributed by atoms with Gasteiger partial charge >= 0.3 is 7.82 Å². The Bertz CT molecular complexity index is 1040. The zero-order valence-corrected chi connectivity index (χ0v) is 39.3. The number of allylic oxidation sites excluding steroid dienone is 5. The van der Waals surface area contributed by atoms with Gasteiger partial charge in [-0.2, -0.15) is 0 Å². The van der Waals surface area contributed by atoms with Crippen molar-refractivity contribution in [1.82, 2.24) is 5.32 Å². The second-order valence-corrected chi connectivity index (χ2v) is 18.3. The Kier molecular flexibility index (Phi) is 43.7. The van der Waals surface area contributed by atoms with Crippen LogP contribution in [0.4, 0.5) is 0 Å². The molecule has 4 unspecified atom stereocenters. The fraction of sp³-hybridized carbons (Fsp3) is 0.857. The smallest absolute Gasteiger partial charge is 0.393 e. The van der Waals surface area contributed by atoms with E-state index in [0.29, 0.717) is 6.42 Å². The van der Waals surface area contributed by atoms with Crippen LogP contribution < -0.4 is 11.1 Å². The summed E-state index contributed by atoms with van der Waals surface area (Å²) in [5.41, 5.74) is 5.38. The van der Waals surface area contributed by atoms with Crippen LogP contribution in [0.3, 0.4) is 0 Å². The summed E-state index contributed by atoms with van der Waals surface area (Å²) in [5, 5.41) is 24.1. The van der Waals surface area contributed by atoms with Crippen LogP contribution in [0.1, 0.15) is 232 Å². The number of amides is 1. The number of rotatable bonds is 46.